The van der Waals surface area contributed by atoms with Crippen molar-refractivity contribution in [1.29, 1.82) is 0 Å². The number of thiophene rings is 1. The van der Waals surface area contributed by atoms with E-state index < -0.39 is 0 Å². The lowest BCUT2D eigenvalue weighted by atomic mass is 10.3. The molecule has 1 fully saturated rings. The highest BCUT2D eigenvalue weighted by molar-refractivity contribution is 9.10. The summed E-state index contributed by atoms with van der Waals surface area (Å²) in [6.07, 6.45) is 0. The average molecular weight is 367 g/mol. The summed E-state index contributed by atoms with van der Waals surface area (Å²) in [5.74, 6) is 0.993. The van der Waals surface area contributed by atoms with E-state index in [1.165, 1.54) is 11.3 Å². The van der Waals surface area contributed by atoms with E-state index in [0.717, 1.165) is 34.0 Å². The van der Waals surface area contributed by atoms with Gasteiger partial charge in [-0.3, -0.25) is 4.79 Å². The van der Waals surface area contributed by atoms with Crippen LogP contribution in [0.25, 0.3) is 0 Å². The number of hydrogen-bond acceptors (Lipinski definition) is 5. The number of hydrogen-bond donors (Lipinski definition) is 0. The maximum Gasteiger partial charge on any atom is 0.264 e. The Morgan fingerprint density at radius 2 is 2.00 bits per heavy atom. The molecule has 0 N–H and O–H groups in total. The van der Waals surface area contributed by atoms with Gasteiger partial charge >= 0.3 is 0 Å². The summed E-state index contributed by atoms with van der Waals surface area (Å²) in [5, 5.41) is 10.2. The van der Waals surface area contributed by atoms with Crippen molar-refractivity contribution in [3.63, 3.8) is 0 Å². The van der Waals surface area contributed by atoms with E-state index >= 15 is 0 Å². The van der Waals surface area contributed by atoms with Gasteiger partial charge in [0.25, 0.3) is 5.91 Å². The first-order chi connectivity index (χ1) is 10.1. The van der Waals surface area contributed by atoms with Crippen LogP contribution in [-0.4, -0.2) is 47.2 Å². The quantitative estimate of drug-likeness (QED) is 0.819. The second-order valence-electron chi connectivity index (χ2n) is 4.94. The second-order valence-corrected chi connectivity index (χ2v) is 6.77. The molecule has 0 unspecified atom stereocenters. The maximum atomic E-state index is 12.4. The molecular formula is C14H15BrN4OS. The van der Waals surface area contributed by atoms with Crippen molar-refractivity contribution in [2.75, 3.05) is 31.1 Å². The fraction of sp³-hybridized carbons (Fsp3) is 0.357. The number of nitrogens with zero attached hydrogens (tertiary/aromatic N) is 4. The Morgan fingerprint density at radius 3 is 2.57 bits per heavy atom. The molecule has 3 heterocycles. The van der Waals surface area contributed by atoms with Crippen molar-refractivity contribution in [3.05, 3.63) is 38.6 Å². The van der Waals surface area contributed by atoms with Gasteiger partial charge in [0.15, 0.2) is 5.82 Å². The lowest BCUT2D eigenvalue weighted by molar-refractivity contribution is 0.0751. The highest BCUT2D eigenvalue weighted by atomic mass is 79.9. The zero-order valence-electron chi connectivity index (χ0n) is 11.6. The molecule has 0 radical (unpaired) electrons. The molecule has 21 heavy (non-hydrogen) atoms. The smallest absolute Gasteiger partial charge is 0.264 e. The van der Waals surface area contributed by atoms with Crippen LogP contribution in [0.5, 0.6) is 0 Å². The third-order valence-corrected chi connectivity index (χ3v) is 5.13. The number of halogens is 1. The largest absolute Gasteiger partial charge is 0.352 e. The van der Waals surface area contributed by atoms with Crippen LogP contribution in [-0.2, 0) is 0 Å². The van der Waals surface area contributed by atoms with E-state index in [-0.39, 0.29) is 5.91 Å². The first kappa shape index (κ1) is 14.5. The van der Waals surface area contributed by atoms with Gasteiger partial charge in [0.05, 0.1) is 10.6 Å². The van der Waals surface area contributed by atoms with Crippen molar-refractivity contribution < 1.29 is 4.79 Å². The van der Waals surface area contributed by atoms with Gasteiger partial charge in [0.1, 0.15) is 0 Å². The first-order valence-corrected chi connectivity index (χ1v) is 8.39. The van der Waals surface area contributed by atoms with Gasteiger partial charge in [-0.1, -0.05) is 0 Å². The van der Waals surface area contributed by atoms with Crippen LogP contribution in [0.1, 0.15) is 15.4 Å². The predicted molar refractivity (Wildman–Crippen MR) is 86.9 cm³/mol. The number of aromatic nitrogens is 2. The second kappa shape index (κ2) is 6.11. The monoisotopic (exact) mass is 366 g/mol. The standard InChI is InChI=1S/C14H15BrN4OS/c1-10-2-3-13(17-16-10)18-4-6-19(7-5-18)14(20)12-8-11(15)9-21-12/h2-3,8-9H,4-7H2,1H3. The fourth-order valence-electron chi connectivity index (χ4n) is 2.28. The summed E-state index contributed by atoms with van der Waals surface area (Å²) in [5.41, 5.74) is 0.913. The Labute approximate surface area is 135 Å². The van der Waals surface area contributed by atoms with E-state index in [4.69, 9.17) is 0 Å². The highest BCUT2D eigenvalue weighted by Gasteiger charge is 2.23. The van der Waals surface area contributed by atoms with E-state index in [1.54, 1.807) is 0 Å². The molecule has 110 valence electrons. The maximum absolute atomic E-state index is 12.4. The summed E-state index contributed by atoms with van der Waals surface area (Å²) in [4.78, 5) is 17.2. The Bertz CT molecular complexity index is 635. The molecule has 1 amide bonds. The van der Waals surface area contributed by atoms with Gasteiger partial charge in [-0.2, -0.15) is 5.10 Å². The van der Waals surface area contributed by atoms with Gasteiger partial charge in [0.2, 0.25) is 0 Å². The van der Waals surface area contributed by atoms with Crippen LogP contribution < -0.4 is 4.90 Å². The van der Waals surface area contributed by atoms with Crippen LogP contribution in [0.2, 0.25) is 0 Å². The Hall–Kier alpha value is -1.47. The van der Waals surface area contributed by atoms with Gasteiger partial charge in [-0.25, -0.2) is 0 Å². The van der Waals surface area contributed by atoms with Crippen LogP contribution in [0.3, 0.4) is 0 Å². The average Bonchev–Trinajstić information content (AvgIpc) is 2.94. The van der Waals surface area contributed by atoms with Crippen LogP contribution in [0, 0.1) is 6.92 Å². The molecule has 0 aliphatic carbocycles. The van der Waals surface area contributed by atoms with Gasteiger partial charge in [-0.05, 0) is 41.1 Å². The topological polar surface area (TPSA) is 49.3 Å². The number of rotatable bonds is 2. The molecule has 3 rings (SSSR count). The summed E-state index contributed by atoms with van der Waals surface area (Å²) >= 11 is 4.86. The Balaban J connectivity index is 1.62. The van der Waals surface area contributed by atoms with E-state index in [2.05, 4.69) is 31.0 Å². The summed E-state index contributed by atoms with van der Waals surface area (Å²) in [6, 6.07) is 5.82. The number of carbonyl (C=O) groups excluding carboxylic acids is 1. The molecule has 0 bridgehead atoms. The molecule has 7 heteroatoms. The van der Waals surface area contributed by atoms with Gasteiger partial charge in [0, 0.05) is 36.0 Å². The minimum Gasteiger partial charge on any atom is -0.352 e. The number of piperazine rings is 1. The zero-order chi connectivity index (χ0) is 14.8. The minimum absolute atomic E-state index is 0.111. The normalized spacial score (nSPS) is 15.3. The molecule has 1 aliphatic heterocycles. The van der Waals surface area contributed by atoms with Gasteiger partial charge < -0.3 is 9.80 Å². The van der Waals surface area contributed by atoms with E-state index in [9.17, 15) is 4.79 Å². The van der Waals surface area contributed by atoms with Crippen LogP contribution >= 0.6 is 27.3 Å². The summed E-state index contributed by atoms with van der Waals surface area (Å²) in [6.45, 7) is 4.92. The molecule has 1 aliphatic rings. The highest BCUT2D eigenvalue weighted by Crippen LogP contribution is 2.22. The predicted octanol–water partition coefficient (Wildman–Crippen LogP) is 2.57. The number of aryl methyl sites for hydroxylation is 1. The van der Waals surface area contributed by atoms with Gasteiger partial charge in [-0.15, -0.1) is 16.4 Å². The van der Waals surface area contributed by atoms with Crippen molar-refractivity contribution in [2.45, 2.75) is 6.92 Å². The number of amides is 1. The third-order valence-electron chi connectivity index (χ3n) is 3.45. The van der Waals surface area contributed by atoms with Crippen molar-refractivity contribution in [2.24, 2.45) is 0 Å². The zero-order valence-corrected chi connectivity index (χ0v) is 14.0. The summed E-state index contributed by atoms with van der Waals surface area (Å²) < 4.78 is 0.962. The van der Waals surface area contributed by atoms with Crippen LogP contribution in [0.4, 0.5) is 5.82 Å². The van der Waals surface area contributed by atoms with Crippen molar-refractivity contribution >= 4 is 39.0 Å². The Kier molecular flexibility index (Phi) is 4.21. The molecule has 0 aromatic carbocycles. The molecule has 0 spiro atoms. The SMILES string of the molecule is Cc1ccc(N2CCN(C(=O)c3cc(Br)cs3)CC2)nn1. The lowest BCUT2D eigenvalue weighted by Crippen LogP contribution is -2.49. The minimum atomic E-state index is 0.111. The van der Waals surface area contributed by atoms with E-state index in [1.807, 2.05) is 35.4 Å². The molecule has 0 atom stereocenters. The van der Waals surface area contributed by atoms with Crippen LogP contribution in [0.15, 0.2) is 28.1 Å². The third kappa shape index (κ3) is 3.24. The molecule has 2 aromatic rings. The first-order valence-electron chi connectivity index (χ1n) is 6.72. The fourth-order valence-corrected chi connectivity index (χ4v) is 3.67. The molecule has 1 saturated heterocycles. The molecule has 0 saturated carbocycles. The molecule has 2 aromatic heterocycles. The Morgan fingerprint density at radius 1 is 1.24 bits per heavy atom. The number of anilines is 1. The number of carbonyl (C=O) groups is 1. The summed E-state index contributed by atoms with van der Waals surface area (Å²) in [7, 11) is 0. The van der Waals surface area contributed by atoms with Crippen molar-refractivity contribution in [1.82, 2.24) is 15.1 Å². The lowest BCUT2D eigenvalue weighted by Gasteiger charge is -2.34. The van der Waals surface area contributed by atoms with E-state index in [0.29, 0.717) is 13.1 Å². The van der Waals surface area contributed by atoms with Crippen molar-refractivity contribution in [3.8, 4) is 0 Å². The molecular weight excluding hydrogens is 352 g/mol. The molecule has 5 nitrogen and oxygen atoms in total.